The van der Waals surface area contributed by atoms with Gasteiger partial charge in [0.1, 0.15) is 0 Å². The largest absolute Gasteiger partial charge is 0.450 e. The van der Waals surface area contributed by atoms with E-state index in [-0.39, 0.29) is 6.09 Å². The summed E-state index contributed by atoms with van der Waals surface area (Å²) in [6, 6.07) is 9.57. The highest BCUT2D eigenvalue weighted by Gasteiger charge is 2.23. The number of carbonyl (C=O) groups is 1. The molecule has 1 heterocycles. The second-order valence-electron chi connectivity index (χ2n) is 5.38. The lowest BCUT2D eigenvalue weighted by atomic mass is 10.1. The molecule has 1 aliphatic heterocycles. The number of benzene rings is 1. The van der Waals surface area contributed by atoms with Crippen LogP contribution in [-0.2, 0) is 11.3 Å². The van der Waals surface area contributed by atoms with Crippen LogP contribution < -0.4 is 5.32 Å². The summed E-state index contributed by atoms with van der Waals surface area (Å²) in [4.78, 5) is 19.9. The zero-order valence-electron chi connectivity index (χ0n) is 14.2. The summed E-state index contributed by atoms with van der Waals surface area (Å²) in [6.07, 6.45) is -0.252. The predicted octanol–water partition coefficient (Wildman–Crippen LogP) is 1.41. The maximum atomic E-state index is 11.7. The molecule has 2 rings (SSSR count). The maximum Gasteiger partial charge on any atom is 0.409 e. The fourth-order valence-corrected chi connectivity index (χ4v) is 2.53. The van der Waals surface area contributed by atoms with Gasteiger partial charge in [-0.3, -0.25) is 4.99 Å². The Bertz CT molecular complexity index is 613. The number of hydrogen-bond acceptors (Lipinski definition) is 4. The van der Waals surface area contributed by atoms with Crippen LogP contribution in [0.4, 0.5) is 4.79 Å². The van der Waals surface area contributed by atoms with Crippen LogP contribution >= 0.6 is 0 Å². The number of carbonyl (C=O) groups excluding carboxylic acids is 1. The van der Waals surface area contributed by atoms with Gasteiger partial charge in [0, 0.05) is 39.8 Å². The molecule has 0 spiro atoms. The van der Waals surface area contributed by atoms with E-state index < -0.39 is 0 Å². The van der Waals surface area contributed by atoms with E-state index in [1.807, 2.05) is 19.1 Å². The molecule has 128 valence electrons. The Morgan fingerprint density at radius 3 is 2.42 bits per heavy atom. The first kappa shape index (κ1) is 17.6. The quantitative estimate of drug-likeness (QED) is 0.670. The number of nitrogens with one attached hydrogen (secondary N) is 1. The van der Waals surface area contributed by atoms with Crippen LogP contribution in [0.3, 0.4) is 0 Å². The van der Waals surface area contributed by atoms with Gasteiger partial charge in [0.2, 0.25) is 0 Å². The zero-order chi connectivity index (χ0) is 17.4. The average molecular weight is 329 g/mol. The minimum atomic E-state index is -0.252. The number of guanidine groups is 1. The first-order valence-corrected chi connectivity index (χ1v) is 8.04. The van der Waals surface area contributed by atoms with E-state index in [0.29, 0.717) is 44.9 Å². The fraction of sp³-hybridized carbons (Fsp3) is 0.471. The average Bonchev–Trinajstić information content (AvgIpc) is 2.63. The third-order valence-electron chi connectivity index (χ3n) is 3.85. The molecule has 1 amide bonds. The first-order valence-electron chi connectivity index (χ1n) is 8.04. The molecule has 7 heteroatoms. The highest BCUT2D eigenvalue weighted by molar-refractivity contribution is 5.80. The summed E-state index contributed by atoms with van der Waals surface area (Å²) in [5.41, 5.74) is 1.73. The van der Waals surface area contributed by atoms with Gasteiger partial charge >= 0.3 is 6.09 Å². The number of amides is 1. The van der Waals surface area contributed by atoms with Crippen LogP contribution in [0.1, 0.15) is 18.1 Å². The van der Waals surface area contributed by atoms with Crippen LogP contribution in [-0.4, -0.2) is 61.7 Å². The summed E-state index contributed by atoms with van der Waals surface area (Å²) in [5.74, 6) is 0.808. The lowest BCUT2D eigenvalue weighted by Crippen LogP contribution is -2.53. The summed E-state index contributed by atoms with van der Waals surface area (Å²) < 4.78 is 5.03. The van der Waals surface area contributed by atoms with Crippen LogP contribution in [0, 0.1) is 11.3 Å². The molecule has 0 unspecified atom stereocenters. The third kappa shape index (κ3) is 4.62. The van der Waals surface area contributed by atoms with Crippen molar-refractivity contribution in [2.45, 2.75) is 13.5 Å². The highest BCUT2D eigenvalue weighted by Crippen LogP contribution is 2.06. The number of aliphatic imine (C=N–C) groups is 1. The molecule has 0 saturated carbocycles. The van der Waals surface area contributed by atoms with Crippen molar-refractivity contribution in [1.29, 1.82) is 5.26 Å². The summed E-state index contributed by atoms with van der Waals surface area (Å²) in [6.45, 7) is 5.51. The monoisotopic (exact) mass is 329 g/mol. The van der Waals surface area contributed by atoms with Gasteiger partial charge in [-0.2, -0.15) is 5.26 Å². The van der Waals surface area contributed by atoms with Crippen LogP contribution in [0.25, 0.3) is 0 Å². The van der Waals surface area contributed by atoms with Crippen molar-refractivity contribution in [3.63, 3.8) is 0 Å². The summed E-state index contributed by atoms with van der Waals surface area (Å²) in [7, 11) is 1.75. The van der Waals surface area contributed by atoms with Gasteiger partial charge in [0.05, 0.1) is 18.2 Å². The molecule has 7 nitrogen and oxygen atoms in total. The minimum Gasteiger partial charge on any atom is -0.450 e. The lowest BCUT2D eigenvalue weighted by Gasteiger charge is -2.35. The van der Waals surface area contributed by atoms with E-state index in [9.17, 15) is 4.79 Å². The molecular formula is C17H23N5O2. The van der Waals surface area contributed by atoms with E-state index in [1.165, 1.54) is 0 Å². The van der Waals surface area contributed by atoms with Gasteiger partial charge in [-0.15, -0.1) is 0 Å². The molecule has 24 heavy (non-hydrogen) atoms. The topological polar surface area (TPSA) is 81.0 Å². The van der Waals surface area contributed by atoms with E-state index in [0.717, 1.165) is 11.5 Å². The second kappa shape index (κ2) is 8.77. The Morgan fingerprint density at radius 1 is 1.25 bits per heavy atom. The number of nitrogens with zero attached hydrogens (tertiary/aromatic N) is 4. The van der Waals surface area contributed by atoms with Gasteiger partial charge in [0.25, 0.3) is 0 Å². The highest BCUT2D eigenvalue weighted by atomic mass is 16.6. The minimum absolute atomic E-state index is 0.252. The van der Waals surface area contributed by atoms with Gasteiger partial charge in [-0.1, -0.05) is 12.1 Å². The number of nitriles is 1. The number of hydrogen-bond donors (Lipinski definition) is 1. The van der Waals surface area contributed by atoms with Crippen molar-refractivity contribution >= 4 is 12.1 Å². The van der Waals surface area contributed by atoms with Crippen molar-refractivity contribution < 1.29 is 9.53 Å². The summed E-state index contributed by atoms with van der Waals surface area (Å²) in [5, 5.41) is 12.1. The van der Waals surface area contributed by atoms with Crippen LogP contribution in [0.2, 0.25) is 0 Å². The lowest BCUT2D eigenvalue weighted by molar-refractivity contribution is 0.0914. The molecule has 1 saturated heterocycles. The van der Waals surface area contributed by atoms with Crippen LogP contribution in [0.15, 0.2) is 29.3 Å². The molecule has 1 fully saturated rings. The SMILES string of the molecule is CCOC(=O)N1CCN(C(=NC)NCc2ccc(C#N)cc2)CC1. The second-order valence-corrected chi connectivity index (χ2v) is 5.38. The van der Waals surface area contributed by atoms with Gasteiger partial charge in [-0.25, -0.2) is 4.79 Å². The van der Waals surface area contributed by atoms with E-state index in [1.54, 1.807) is 24.1 Å². The molecule has 1 N–H and O–H groups in total. The van der Waals surface area contributed by atoms with E-state index in [4.69, 9.17) is 10.00 Å². The third-order valence-corrected chi connectivity index (χ3v) is 3.85. The molecule has 1 aromatic rings. The standard InChI is InChI=1S/C17H23N5O2/c1-3-24-17(23)22-10-8-21(9-11-22)16(19-2)20-13-15-6-4-14(12-18)5-7-15/h4-7H,3,8-11,13H2,1-2H3,(H,19,20). The van der Waals surface area contributed by atoms with Gasteiger partial charge in [0.15, 0.2) is 5.96 Å². The smallest absolute Gasteiger partial charge is 0.409 e. The van der Waals surface area contributed by atoms with Crippen LogP contribution in [0.5, 0.6) is 0 Å². The first-order chi connectivity index (χ1) is 11.7. The Morgan fingerprint density at radius 2 is 1.88 bits per heavy atom. The predicted molar refractivity (Wildman–Crippen MR) is 91.5 cm³/mol. The normalized spacial score (nSPS) is 15.0. The molecule has 1 aromatic carbocycles. The van der Waals surface area contributed by atoms with E-state index in [2.05, 4.69) is 21.3 Å². The summed E-state index contributed by atoms with van der Waals surface area (Å²) >= 11 is 0. The molecule has 0 atom stereocenters. The van der Waals surface area contributed by atoms with E-state index >= 15 is 0 Å². The Labute approximate surface area is 142 Å². The van der Waals surface area contributed by atoms with Crippen molar-refractivity contribution in [3.05, 3.63) is 35.4 Å². The van der Waals surface area contributed by atoms with Gasteiger partial charge < -0.3 is 19.9 Å². The van der Waals surface area contributed by atoms with Crippen molar-refractivity contribution in [3.8, 4) is 6.07 Å². The molecule has 1 aliphatic rings. The molecule has 0 aromatic heterocycles. The fourth-order valence-electron chi connectivity index (χ4n) is 2.53. The van der Waals surface area contributed by atoms with Crippen molar-refractivity contribution in [2.24, 2.45) is 4.99 Å². The molecule has 0 aliphatic carbocycles. The number of piperazine rings is 1. The Kier molecular flexibility index (Phi) is 6.43. The van der Waals surface area contributed by atoms with Crippen molar-refractivity contribution in [2.75, 3.05) is 39.8 Å². The Balaban J connectivity index is 1.84. The van der Waals surface area contributed by atoms with Gasteiger partial charge in [-0.05, 0) is 24.6 Å². The Hall–Kier alpha value is -2.75. The zero-order valence-corrected chi connectivity index (χ0v) is 14.2. The number of ether oxygens (including phenoxy) is 1. The van der Waals surface area contributed by atoms with Crippen molar-refractivity contribution in [1.82, 2.24) is 15.1 Å². The molecular weight excluding hydrogens is 306 g/mol. The molecule has 0 radical (unpaired) electrons. The number of rotatable bonds is 3. The molecule has 0 bridgehead atoms. The maximum absolute atomic E-state index is 11.7.